The minimum atomic E-state index is -0.240. The average molecular weight is 399 g/mol. The van der Waals surface area contributed by atoms with Gasteiger partial charge in [0.1, 0.15) is 6.61 Å². The van der Waals surface area contributed by atoms with Crippen LogP contribution in [0.1, 0.15) is 52.9 Å². The molecule has 2 atom stereocenters. The second kappa shape index (κ2) is 13.4. The first-order chi connectivity index (χ1) is 13.4. The normalized spacial score (nSPS) is 17.8. The lowest BCUT2D eigenvalue weighted by molar-refractivity contribution is -0.139. The summed E-state index contributed by atoms with van der Waals surface area (Å²) < 4.78 is 10.6. The highest BCUT2D eigenvalue weighted by Crippen LogP contribution is 2.22. The lowest BCUT2D eigenvalue weighted by atomic mass is 10.0. The number of imide groups is 1. The minimum Gasteiger partial charge on any atom is -0.377 e. The van der Waals surface area contributed by atoms with Crippen LogP contribution in [0.15, 0.2) is 0 Å². The predicted octanol–water partition coefficient (Wildman–Crippen LogP) is 1.32. The topological polar surface area (TPSA) is 102 Å². The maximum atomic E-state index is 12.0. The molecule has 3 amide bonds. The van der Waals surface area contributed by atoms with Crippen LogP contribution in [0.3, 0.4) is 0 Å². The average Bonchev–Trinajstić information content (AvgIpc) is 2.95. The summed E-state index contributed by atoms with van der Waals surface area (Å²) in [5.74, 6) is -0.705. The highest BCUT2D eigenvalue weighted by atomic mass is 16.5. The van der Waals surface area contributed by atoms with Crippen molar-refractivity contribution in [1.82, 2.24) is 10.2 Å². The molecule has 0 aliphatic carbocycles. The van der Waals surface area contributed by atoms with E-state index < -0.39 is 0 Å². The van der Waals surface area contributed by atoms with E-state index in [4.69, 9.17) is 9.47 Å². The molecule has 0 bridgehead atoms. The van der Waals surface area contributed by atoms with Crippen molar-refractivity contribution in [2.75, 3.05) is 39.5 Å². The van der Waals surface area contributed by atoms with Crippen LogP contribution in [0.25, 0.3) is 0 Å². The van der Waals surface area contributed by atoms with Gasteiger partial charge >= 0.3 is 0 Å². The van der Waals surface area contributed by atoms with E-state index in [1.165, 1.54) is 4.90 Å². The van der Waals surface area contributed by atoms with Gasteiger partial charge in [0, 0.05) is 37.8 Å². The Morgan fingerprint density at radius 3 is 2.54 bits per heavy atom. The van der Waals surface area contributed by atoms with Crippen molar-refractivity contribution in [2.45, 2.75) is 52.9 Å². The van der Waals surface area contributed by atoms with Crippen molar-refractivity contribution < 1.29 is 28.7 Å². The lowest BCUT2D eigenvalue weighted by Crippen LogP contribution is -2.36. The van der Waals surface area contributed by atoms with Gasteiger partial charge in [-0.1, -0.05) is 27.2 Å². The number of nitrogens with zero attached hydrogens (tertiary/aromatic N) is 1. The second-order valence-corrected chi connectivity index (χ2v) is 7.11. The molecule has 1 aliphatic rings. The quantitative estimate of drug-likeness (QED) is 0.330. The van der Waals surface area contributed by atoms with Gasteiger partial charge in [0.25, 0.3) is 0 Å². The monoisotopic (exact) mass is 398 g/mol. The number of hydrogen-bond acceptors (Lipinski definition) is 6. The number of likely N-dealkylation sites (tertiary alicyclic amines) is 1. The first-order valence-electron chi connectivity index (χ1n) is 10.2. The molecule has 0 saturated carbocycles. The third-order valence-corrected chi connectivity index (χ3v) is 4.85. The molecular weight excluding hydrogens is 364 g/mol. The number of hydrogen-bond donors (Lipinski definition) is 1. The molecule has 0 aromatic heterocycles. The van der Waals surface area contributed by atoms with Crippen molar-refractivity contribution in [2.24, 2.45) is 11.8 Å². The highest BCUT2D eigenvalue weighted by molar-refractivity contribution is 6.03. The molecule has 1 saturated heterocycles. The predicted molar refractivity (Wildman–Crippen MR) is 103 cm³/mol. The zero-order valence-electron chi connectivity index (χ0n) is 17.3. The summed E-state index contributed by atoms with van der Waals surface area (Å²) in [4.78, 5) is 48.5. The molecule has 0 spiro atoms. The van der Waals surface area contributed by atoms with E-state index in [0.717, 1.165) is 12.8 Å². The summed E-state index contributed by atoms with van der Waals surface area (Å²) in [7, 11) is 0. The molecule has 1 heterocycles. The van der Waals surface area contributed by atoms with Crippen molar-refractivity contribution in [3.8, 4) is 0 Å². The Morgan fingerprint density at radius 2 is 1.89 bits per heavy atom. The van der Waals surface area contributed by atoms with Crippen molar-refractivity contribution in [1.29, 1.82) is 0 Å². The molecule has 2 unspecified atom stereocenters. The molecule has 1 N–H and O–H groups in total. The number of ether oxygens (including phenoxy) is 2. The van der Waals surface area contributed by atoms with Crippen LogP contribution < -0.4 is 5.32 Å². The number of carbonyl (C=O) groups excluding carboxylic acids is 4. The zero-order chi connectivity index (χ0) is 20.9. The Bertz CT molecular complexity index is 537. The molecule has 0 aromatic carbocycles. The maximum absolute atomic E-state index is 12.0. The second-order valence-electron chi connectivity index (χ2n) is 7.11. The smallest absolute Gasteiger partial charge is 0.232 e. The van der Waals surface area contributed by atoms with Crippen LogP contribution in [0.5, 0.6) is 0 Å². The van der Waals surface area contributed by atoms with Crippen molar-refractivity contribution >= 4 is 23.5 Å². The van der Waals surface area contributed by atoms with E-state index in [-0.39, 0.29) is 61.3 Å². The Hall–Kier alpha value is -1.80. The van der Waals surface area contributed by atoms with E-state index in [1.807, 2.05) is 20.8 Å². The van der Waals surface area contributed by atoms with Gasteiger partial charge in [-0.2, -0.15) is 0 Å². The Balaban J connectivity index is 2.02. The molecule has 8 nitrogen and oxygen atoms in total. The molecular formula is C20H34N2O6. The molecule has 28 heavy (non-hydrogen) atoms. The summed E-state index contributed by atoms with van der Waals surface area (Å²) in [6, 6.07) is 0. The van der Waals surface area contributed by atoms with E-state index in [2.05, 4.69) is 5.32 Å². The van der Waals surface area contributed by atoms with Crippen LogP contribution in [-0.2, 0) is 28.7 Å². The molecule has 8 heteroatoms. The number of amides is 3. The number of carbonyl (C=O) groups is 4. The third kappa shape index (κ3) is 8.48. The van der Waals surface area contributed by atoms with Gasteiger partial charge in [-0.05, 0) is 12.8 Å². The van der Waals surface area contributed by atoms with Gasteiger partial charge in [-0.15, -0.1) is 0 Å². The SMILES string of the molecule is CCCC(C)C(=O)COCCOCCNC(=O)CCN1C(=O)CC(CC)C1=O. The summed E-state index contributed by atoms with van der Waals surface area (Å²) in [5.41, 5.74) is 0. The standard InChI is InChI=1S/C20H34N2O6/c1-4-6-15(3)17(23)14-28-12-11-27-10-8-21-18(24)7-9-22-19(25)13-16(5-2)20(22)26/h15-16H,4-14H2,1-3H3,(H,21,24). The van der Waals surface area contributed by atoms with Gasteiger partial charge in [0.2, 0.25) is 17.7 Å². The van der Waals surface area contributed by atoms with Gasteiger partial charge in [-0.25, -0.2) is 0 Å². The molecule has 1 fully saturated rings. The summed E-state index contributed by atoms with van der Waals surface area (Å²) in [6.45, 7) is 7.40. The van der Waals surface area contributed by atoms with Gasteiger partial charge in [0.15, 0.2) is 5.78 Å². The molecule has 1 aliphatic heterocycles. The first kappa shape index (κ1) is 24.2. The number of ketones is 1. The van der Waals surface area contributed by atoms with Crippen LogP contribution in [0.4, 0.5) is 0 Å². The van der Waals surface area contributed by atoms with E-state index in [1.54, 1.807) is 0 Å². The van der Waals surface area contributed by atoms with Crippen molar-refractivity contribution in [3.63, 3.8) is 0 Å². The van der Waals surface area contributed by atoms with Crippen LogP contribution in [0, 0.1) is 11.8 Å². The lowest BCUT2D eigenvalue weighted by Gasteiger charge is -2.14. The van der Waals surface area contributed by atoms with E-state index >= 15 is 0 Å². The van der Waals surface area contributed by atoms with Crippen molar-refractivity contribution in [3.05, 3.63) is 0 Å². The molecule has 0 aromatic rings. The fourth-order valence-corrected chi connectivity index (χ4v) is 3.00. The van der Waals surface area contributed by atoms with Gasteiger partial charge in [-0.3, -0.25) is 24.1 Å². The summed E-state index contributed by atoms with van der Waals surface area (Å²) in [5, 5.41) is 2.69. The Morgan fingerprint density at radius 1 is 1.18 bits per heavy atom. The number of rotatable bonds is 15. The van der Waals surface area contributed by atoms with Gasteiger partial charge in [0.05, 0.1) is 19.8 Å². The van der Waals surface area contributed by atoms with E-state index in [9.17, 15) is 19.2 Å². The Labute approximate surface area is 167 Å². The molecule has 1 rings (SSSR count). The molecule has 0 radical (unpaired) electrons. The van der Waals surface area contributed by atoms with Gasteiger partial charge < -0.3 is 14.8 Å². The fourth-order valence-electron chi connectivity index (χ4n) is 3.00. The number of nitrogens with one attached hydrogen (secondary N) is 1. The minimum absolute atomic E-state index is 0.0279. The Kier molecular flexibility index (Phi) is 11.6. The summed E-state index contributed by atoms with van der Waals surface area (Å²) in [6.07, 6.45) is 2.83. The number of Topliss-reactive ketones (excluding diaryl/α,β-unsaturated/α-hetero) is 1. The first-order valence-corrected chi connectivity index (χ1v) is 10.2. The largest absolute Gasteiger partial charge is 0.377 e. The highest BCUT2D eigenvalue weighted by Gasteiger charge is 2.36. The van der Waals surface area contributed by atoms with Crippen LogP contribution in [0.2, 0.25) is 0 Å². The van der Waals surface area contributed by atoms with Crippen LogP contribution in [-0.4, -0.2) is 67.9 Å². The fraction of sp³-hybridized carbons (Fsp3) is 0.800. The maximum Gasteiger partial charge on any atom is 0.232 e. The zero-order valence-corrected chi connectivity index (χ0v) is 17.3. The van der Waals surface area contributed by atoms with Crippen LogP contribution >= 0.6 is 0 Å². The van der Waals surface area contributed by atoms with E-state index in [0.29, 0.717) is 32.8 Å². The summed E-state index contributed by atoms with van der Waals surface area (Å²) >= 11 is 0. The molecule has 160 valence electrons. The third-order valence-electron chi connectivity index (χ3n) is 4.85.